The van der Waals surface area contributed by atoms with Gasteiger partial charge in [-0.05, 0) is 74.0 Å². The van der Waals surface area contributed by atoms with Crippen molar-refractivity contribution < 1.29 is 18.0 Å². The molecule has 7 rings (SSSR count). The number of halogens is 3. The van der Waals surface area contributed by atoms with Crippen LogP contribution in [0.3, 0.4) is 0 Å². The summed E-state index contributed by atoms with van der Waals surface area (Å²) in [4.78, 5) is 23.5. The van der Waals surface area contributed by atoms with Crippen molar-refractivity contribution in [2.24, 2.45) is 0 Å². The van der Waals surface area contributed by atoms with Gasteiger partial charge in [-0.15, -0.1) is 10.2 Å². The van der Waals surface area contributed by atoms with Gasteiger partial charge in [-0.3, -0.25) is 23.6 Å². The van der Waals surface area contributed by atoms with Gasteiger partial charge in [0.05, 0.1) is 34.9 Å². The number of alkyl halides is 3. The number of imidazole rings is 1. The van der Waals surface area contributed by atoms with E-state index < -0.39 is 11.7 Å². The van der Waals surface area contributed by atoms with Crippen molar-refractivity contribution in [3.8, 4) is 16.8 Å². The topological polar surface area (TPSA) is 93.2 Å². The Labute approximate surface area is 231 Å². The average molecular weight is 557 g/mol. The van der Waals surface area contributed by atoms with Crippen molar-refractivity contribution in [1.82, 2.24) is 34.0 Å². The first kappa shape index (κ1) is 25.1. The first-order chi connectivity index (χ1) is 19.8. The number of amides is 1. The van der Waals surface area contributed by atoms with E-state index >= 15 is 0 Å². The van der Waals surface area contributed by atoms with E-state index in [0.717, 1.165) is 54.6 Å². The van der Waals surface area contributed by atoms with Gasteiger partial charge < -0.3 is 5.32 Å². The number of carbonyl (C=O) groups excluding carboxylic acids is 1. The number of likely N-dealkylation sites (tertiary alicyclic amines) is 1. The normalized spacial score (nSPS) is 14.4. The van der Waals surface area contributed by atoms with Gasteiger partial charge in [-0.2, -0.15) is 13.2 Å². The number of nitrogens with zero attached hydrogens (tertiary/aromatic N) is 7. The zero-order chi connectivity index (χ0) is 28.1. The molecule has 1 fully saturated rings. The Bertz CT molecular complexity index is 1920. The van der Waals surface area contributed by atoms with Crippen LogP contribution < -0.4 is 5.32 Å². The molecule has 1 amide bonds. The lowest BCUT2D eigenvalue weighted by Gasteiger charge is -2.14. The number of aromatic nitrogens is 6. The maximum atomic E-state index is 13.6. The van der Waals surface area contributed by atoms with Gasteiger partial charge in [-0.25, -0.2) is 4.98 Å². The fourth-order valence-corrected chi connectivity index (χ4v) is 5.44. The predicted molar refractivity (Wildman–Crippen MR) is 148 cm³/mol. The number of hydrogen-bond acceptors (Lipinski definition) is 6. The van der Waals surface area contributed by atoms with Gasteiger partial charge in [0.1, 0.15) is 12.1 Å². The van der Waals surface area contributed by atoms with Crippen molar-refractivity contribution in [1.29, 1.82) is 0 Å². The Kier molecular flexibility index (Phi) is 5.93. The highest BCUT2D eigenvalue weighted by Crippen LogP contribution is 2.35. The smallest absolute Gasteiger partial charge is 0.310 e. The molecule has 1 aliphatic heterocycles. The highest BCUT2D eigenvalue weighted by molar-refractivity contribution is 6.06. The summed E-state index contributed by atoms with van der Waals surface area (Å²) >= 11 is 0. The quantitative estimate of drug-likeness (QED) is 0.308. The Morgan fingerprint density at radius 3 is 2.56 bits per heavy atom. The molecule has 206 valence electrons. The molecule has 0 saturated carbocycles. The Hall–Kier alpha value is -4.84. The largest absolute Gasteiger partial charge is 0.416 e. The first-order valence-corrected chi connectivity index (χ1v) is 13.1. The molecule has 12 heteroatoms. The van der Waals surface area contributed by atoms with Crippen LogP contribution in [0.5, 0.6) is 0 Å². The molecule has 6 aromatic rings. The van der Waals surface area contributed by atoms with Crippen molar-refractivity contribution in [2.75, 3.05) is 25.0 Å². The molecular weight excluding hydrogens is 533 g/mol. The molecule has 4 aromatic heterocycles. The molecule has 0 atom stereocenters. The fraction of sp³-hybridized carbons (Fsp3) is 0.207. The van der Waals surface area contributed by atoms with Crippen molar-refractivity contribution in [3.05, 3.63) is 78.9 Å². The Morgan fingerprint density at radius 1 is 0.951 bits per heavy atom. The van der Waals surface area contributed by atoms with Crippen LogP contribution in [0.25, 0.3) is 44.5 Å². The maximum absolute atomic E-state index is 13.6. The third-order valence-electron chi connectivity index (χ3n) is 7.39. The van der Waals surface area contributed by atoms with E-state index in [-0.39, 0.29) is 5.91 Å². The number of anilines is 1. The van der Waals surface area contributed by atoms with Crippen molar-refractivity contribution in [3.63, 3.8) is 0 Å². The molecule has 0 unspecified atom stereocenters. The van der Waals surface area contributed by atoms with E-state index in [1.54, 1.807) is 33.5 Å². The predicted octanol–water partition coefficient (Wildman–Crippen LogP) is 5.34. The van der Waals surface area contributed by atoms with E-state index in [9.17, 15) is 18.0 Å². The van der Waals surface area contributed by atoms with Crippen LogP contribution in [0.4, 0.5) is 19.0 Å². The summed E-state index contributed by atoms with van der Waals surface area (Å²) in [6.07, 6.45) is 2.60. The van der Waals surface area contributed by atoms with Gasteiger partial charge >= 0.3 is 6.18 Å². The second-order valence-electron chi connectivity index (χ2n) is 10.1. The van der Waals surface area contributed by atoms with Crippen molar-refractivity contribution >= 4 is 39.4 Å². The number of nitrogens with one attached hydrogen (secondary N) is 1. The van der Waals surface area contributed by atoms with Crippen LogP contribution in [-0.4, -0.2) is 59.6 Å². The molecule has 0 aliphatic carbocycles. The summed E-state index contributed by atoms with van der Waals surface area (Å²) in [5.74, 6) is 0.742. The molecule has 0 bridgehead atoms. The van der Waals surface area contributed by atoms with Crippen LogP contribution >= 0.6 is 0 Å². The lowest BCUT2D eigenvalue weighted by molar-refractivity contribution is -0.137. The number of benzene rings is 2. The van der Waals surface area contributed by atoms with E-state index in [1.165, 1.54) is 12.4 Å². The molecule has 0 radical (unpaired) electrons. The van der Waals surface area contributed by atoms with E-state index in [2.05, 4.69) is 30.4 Å². The summed E-state index contributed by atoms with van der Waals surface area (Å²) in [6.45, 7) is 2.22. The number of fused-ring (bicyclic) bond motifs is 5. The molecule has 5 heterocycles. The van der Waals surface area contributed by atoms with E-state index in [1.807, 2.05) is 24.3 Å². The van der Waals surface area contributed by atoms with Crippen LogP contribution in [0.1, 0.15) is 18.4 Å². The van der Waals surface area contributed by atoms with Gasteiger partial charge in [0, 0.05) is 22.8 Å². The van der Waals surface area contributed by atoms with Crippen LogP contribution in [0.2, 0.25) is 0 Å². The minimum absolute atomic E-state index is 0.0961. The van der Waals surface area contributed by atoms with Gasteiger partial charge in [0.15, 0.2) is 0 Å². The van der Waals surface area contributed by atoms with Crippen LogP contribution in [0.15, 0.2) is 73.3 Å². The van der Waals surface area contributed by atoms with Crippen molar-refractivity contribution in [2.45, 2.75) is 19.0 Å². The standard InChI is InChI=1S/C29H23F3N8O/c30-29(31,32)20-4-3-5-21(13-20)40-27-22-12-18(6-8-23(22)33-15-24(27)39-17-35-37-28(39)40)19-7-9-25(34-14-19)36-26(41)16-38-10-1-2-11-38/h3-9,12-15,17H,1-2,10-11,16H2,(H,34,36,41). The summed E-state index contributed by atoms with van der Waals surface area (Å²) in [7, 11) is 0. The SMILES string of the molecule is O=C(CN1CCCC1)Nc1ccc(-c2ccc3ncc4c(c3c2)n(-c2cccc(C(F)(F)F)c2)c2nncn42)cn1. The number of pyridine rings is 2. The molecule has 0 spiro atoms. The van der Waals surface area contributed by atoms with Crippen LogP contribution in [0, 0.1) is 0 Å². The summed E-state index contributed by atoms with van der Waals surface area (Å²) in [6, 6.07) is 14.5. The maximum Gasteiger partial charge on any atom is 0.416 e. The van der Waals surface area contributed by atoms with Crippen LogP contribution in [-0.2, 0) is 11.0 Å². The molecule has 1 N–H and O–H groups in total. The average Bonchev–Trinajstić information content (AvgIpc) is 3.71. The van der Waals surface area contributed by atoms with Gasteiger partial charge in [0.2, 0.25) is 11.7 Å². The summed E-state index contributed by atoms with van der Waals surface area (Å²) in [5, 5.41) is 11.7. The Balaban J connectivity index is 1.30. The molecule has 2 aromatic carbocycles. The first-order valence-electron chi connectivity index (χ1n) is 13.1. The number of hydrogen-bond donors (Lipinski definition) is 1. The lowest BCUT2D eigenvalue weighted by Crippen LogP contribution is -2.31. The molecule has 9 nitrogen and oxygen atoms in total. The minimum Gasteiger partial charge on any atom is -0.310 e. The lowest BCUT2D eigenvalue weighted by atomic mass is 10.0. The monoisotopic (exact) mass is 556 g/mol. The molecule has 41 heavy (non-hydrogen) atoms. The Morgan fingerprint density at radius 2 is 1.78 bits per heavy atom. The zero-order valence-corrected chi connectivity index (χ0v) is 21.6. The van der Waals surface area contributed by atoms with Gasteiger partial charge in [0.25, 0.3) is 0 Å². The second-order valence-corrected chi connectivity index (χ2v) is 10.1. The third-order valence-corrected chi connectivity index (χ3v) is 7.39. The minimum atomic E-state index is -4.49. The molecule has 1 saturated heterocycles. The zero-order valence-electron chi connectivity index (χ0n) is 21.6. The number of carbonyl (C=O) groups is 1. The highest BCUT2D eigenvalue weighted by atomic mass is 19.4. The molecular formula is C29H23F3N8O. The number of rotatable bonds is 5. The summed E-state index contributed by atoms with van der Waals surface area (Å²) in [5.41, 5.74) is 3.17. The fourth-order valence-electron chi connectivity index (χ4n) is 5.44. The molecule has 1 aliphatic rings. The third kappa shape index (κ3) is 4.55. The summed E-state index contributed by atoms with van der Waals surface area (Å²) < 4.78 is 44.1. The second kappa shape index (κ2) is 9.66. The van der Waals surface area contributed by atoms with E-state index in [4.69, 9.17) is 0 Å². The van der Waals surface area contributed by atoms with Gasteiger partial charge in [-0.1, -0.05) is 12.1 Å². The van der Waals surface area contributed by atoms with E-state index in [0.29, 0.717) is 40.4 Å². The highest BCUT2D eigenvalue weighted by Gasteiger charge is 2.31.